The maximum Gasteiger partial charge on any atom is 0.416 e. The van der Waals surface area contributed by atoms with E-state index < -0.39 is 51.9 Å². The van der Waals surface area contributed by atoms with Crippen LogP contribution in [0.2, 0.25) is 5.02 Å². The molecule has 1 N–H and O–H groups in total. The maximum atomic E-state index is 14.0. The quantitative estimate of drug-likeness (QED) is 0.227. The lowest BCUT2D eigenvalue weighted by Crippen LogP contribution is -2.52. The third-order valence-corrected chi connectivity index (χ3v) is 8.66. The van der Waals surface area contributed by atoms with E-state index in [1.807, 2.05) is 6.92 Å². The Hall–Kier alpha value is -3.57. The molecule has 0 radical (unpaired) electrons. The van der Waals surface area contributed by atoms with E-state index >= 15 is 0 Å². The highest BCUT2D eigenvalue weighted by atomic mass is 35.5. The van der Waals surface area contributed by atoms with E-state index in [0.29, 0.717) is 22.5 Å². The van der Waals surface area contributed by atoms with Crippen LogP contribution < -0.4 is 9.62 Å². The molecule has 3 aromatic rings. The maximum absolute atomic E-state index is 14.0. The number of unbranched alkanes of at least 4 members (excludes halogenated alkanes) is 1. The molecule has 0 aliphatic rings. The predicted molar refractivity (Wildman–Crippen MR) is 156 cm³/mol. The number of halogens is 4. The molecule has 2 amide bonds. The minimum atomic E-state index is -4.80. The Morgan fingerprint density at radius 2 is 1.57 bits per heavy atom. The molecule has 0 heterocycles. The zero-order valence-electron chi connectivity index (χ0n) is 23.3. The average molecular weight is 624 g/mol. The Labute approximate surface area is 249 Å². The van der Waals surface area contributed by atoms with Gasteiger partial charge in [0.05, 0.1) is 21.2 Å². The number of carbonyl (C=O) groups is 2. The highest BCUT2D eigenvalue weighted by Gasteiger charge is 2.36. The molecule has 0 fully saturated rings. The van der Waals surface area contributed by atoms with Gasteiger partial charge in [0.1, 0.15) is 12.6 Å². The van der Waals surface area contributed by atoms with Crippen molar-refractivity contribution in [1.82, 2.24) is 10.2 Å². The summed E-state index contributed by atoms with van der Waals surface area (Å²) in [4.78, 5) is 28.2. The van der Waals surface area contributed by atoms with E-state index in [1.165, 1.54) is 29.2 Å². The predicted octanol–water partition coefficient (Wildman–Crippen LogP) is 6.28. The van der Waals surface area contributed by atoms with Crippen LogP contribution in [-0.2, 0) is 32.3 Å². The largest absolute Gasteiger partial charge is 0.416 e. The second-order valence-electron chi connectivity index (χ2n) is 9.56. The van der Waals surface area contributed by atoms with Gasteiger partial charge in [-0.1, -0.05) is 80.4 Å². The summed E-state index contributed by atoms with van der Waals surface area (Å²) in [5.41, 5.74) is -0.963. The third-order valence-electron chi connectivity index (χ3n) is 6.56. The fraction of sp³-hybridized carbons (Fsp3) is 0.333. The Bertz CT molecular complexity index is 1460. The Kier molecular flexibility index (Phi) is 11.4. The van der Waals surface area contributed by atoms with Gasteiger partial charge in [-0.3, -0.25) is 13.9 Å². The van der Waals surface area contributed by atoms with E-state index in [-0.39, 0.29) is 22.9 Å². The summed E-state index contributed by atoms with van der Waals surface area (Å²) in [6.07, 6.45) is -3.01. The third kappa shape index (κ3) is 8.25. The van der Waals surface area contributed by atoms with Crippen molar-refractivity contribution in [2.24, 2.45) is 0 Å². The fourth-order valence-corrected chi connectivity index (χ4v) is 6.03. The van der Waals surface area contributed by atoms with Crippen molar-refractivity contribution in [3.63, 3.8) is 0 Å². The van der Waals surface area contributed by atoms with Crippen molar-refractivity contribution in [1.29, 1.82) is 0 Å². The monoisotopic (exact) mass is 623 g/mol. The molecule has 12 heteroatoms. The molecule has 1 atom stereocenters. The van der Waals surface area contributed by atoms with Gasteiger partial charge in [0.2, 0.25) is 11.8 Å². The van der Waals surface area contributed by atoms with Crippen molar-refractivity contribution in [3.05, 3.63) is 95.0 Å². The number of nitrogens with one attached hydrogen (secondary N) is 1. The number of amides is 2. The number of carbonyl (C=O) groups excluding carboxylic acids is 2. The first-order valence-corrected chi connectivity index (χ1v) is 15.3. The Balaban J connectivity index is 2.11. The van der Waals surface area contributed by atoms with E-state index in [9.17, 15) is 31.2 Å². The molecule has 3 aromatic carbocycles. The summed E-state index contributed by atoms with van der Waals surface area (Å²) in [6, 6.07) is 17.2. The van der Waals surface area contributed by atoms with Gasteiger partial charge in [0.15, 0.2) is 0 Å². The smallest absolute Gasteiger partial charge is 0.354 e. The minimum Gasteiger partial charge on any atom is -0.354 e. The van der Waals surface area contributed by atoms with Gasteiger partial charge in [-0.25, -0.2) is 8.42 Å². The van der Waals surface area contributed by atoms with E-state index in [4.69, 9.17) is 11.6 Å². The molecule has 3 rings (SSSR count). The normalized spacial score (nSPS) is 12.4. The van der Waals surface area contributed by atoms with Gasteiger partial charge >= 0.3 is 6.18 Å². The van der Waals surface area contributed by atoms with Crippen LogP contribution >= 0.6 is 11.6 Å². The summed E-state index contributed by atoms with van der Waals surface area (Å²) in [7, 11) is -4.58. The average Bonchev–Trinajstić information content (AvgIpc) is 2.96. The standard InChI is InChI=1S/C30H33ClF3N3O4S/c1-3-5-18-35-29(39)26(4-2)36(20-22-12-8-6-9-13-22)28(38)21-37(42(40,41)24-14-10-7-11-15-24)27-19-23(30(32,33)34)16-17-25(27)31/h6-17,19,26H,3-5,18,20-21H2,1-2H3,(H,35,39). The molecule has 7 nitrogen and oxygen atoms in total. The lowest BCUT2D eigenvalue weighted by Gasteiger charge is -2.33. The van der Waals surface area contributed by atoms with Crippen molar-refractivity contribution in [3.8, 4) is 0 Å². The lowest BCUT2D eigenvalue weighted by molar-refractivity contribution is -0.140. The van der Waals surface area contributed by atoms with E-state index in [1.54, 1.807) is 43.3 Å². The molecule has 0 aliphatic heterocycles. The summed E-state index contributed by atoms with van der Waals surface area (Å²) in [5.74, 6) is -1.20. The van der Waals surface area contributed by atoms with Crippen LogP contribution in [0, 0.1) is 0 Å². The SMILES string of the molecule is CCCCNC(=O)C(CC)N(Cc1ccccc1)C(=O)CN(c1cc(C(F)(F)F)ccc1Cl)S(=O)(=O)c1ccccc1. The van der Waals surface area contributed by atoms with Gasteiger partial charge < -0.3 is 10.2 Å². The summed E-state index contributed by atoms with van der Waals surface area (Å²) < 4.78 is 69.2. The Morgan fingerprint density at radius 3 is 2.14 bits per heavy atom. The van der Waals surface area contributed by atoms with E-state index in [0.717, 1.165) is 25.0 Å². The summed E-state index contributed by atoms with van der Waals surface area (Å²) in [5, 5.41) is 2.52. The molecule has 0 aliphatic carbocycles. The van der Waals surface area contributed by atoms with Crippen LogP contribution in [0.3, 0.4) is 0 Å². The first kappa shape index (κ1) is 32.9. The minimum absolute atomic E-state index is 0.0328. The number of sulfonamides is 1. The molecule has 1 unspecified atom stereocenters. The van der Waals surface area contributed by atoms with Crippen LogP contribution in [0.1, 0.15) is 44.2 Å². The van der Waals surface area contributed by atoms with Crippen molar-refractivity contribution >= 4 is 39.1 Å². The number of hydrogen-bond acceptors (Lipinski definition) is 4. The van der Waals surface area contributed by atoms with Gasteiger partial charge in [-0.2, -0.15) is 13.2 Å². The summed E-state index contributed by atoms with van der Waals surface area (Å²) in [6.45, 7) is 3.15. The molecule has 42 heavy (non-hydrogen) atoms. The number of alkyl halides is 3. The first-order valence-electron chi connectivity index (χ1n) is 13.5. The van der Waals surface area contributed by atoms with Gasteiger partial charge in [0.25, 0.3) is 10.0 Å². The van der Waals surface area contributed by atoms with Crippen LogP contribution in [0.4, 0.5) is 18.9 Å². The van der Waals surface area contributed by atoms with Gasteiger partial charge in [0, 0.05) is 13.1 Å². The zero-order chi connectivity index (χ0) is 30.9. The lowest BCUT2D eigenvalue weighted by atomic mass is 10.1. The topological polar surface area (TPSA) is 86.8 Å². The van der Waals surface area contributed by atoms with Crippen LogP contribution in [0.5, 0.6) is 0 Å². The second-order valence-corrected chi connectivity index (χ2v) is 11.8. The molecule has 0 spiro atoms. The van der Waals surface area contributed by atoms with Crippen molar-refractivity contribution in [2.45, 2.75) is 56.8 Å². The second kappa shape index (κ2) is 14.6. The highest BCUT2D eigenvalue weighted by Crippen LogP contribution is 2.37. The van der Waals surface area contributed by atoms with Crippen LogP contribution in [0.15, 0.2) is 83.8 Å². The van der Waals surface area contributed by atoms with Gasteiger partial charge in [-0.05, 0) is 48.7 Å². The van der Waals surface area contributed by atoms with Crippen LogP contribution in [0.25, 0.3) is 0 Å². The van der Waals surface area contributed by atoms with Crippen LogP contribution in [-0.4, -0.2) is 44.3 Å². The molecular weight excluding hydrogens is 591 g/mol. The highest BCUT2D eigenvalue weighted by molar-refractivity contribution is 7.92. The molecule has 0 aromatic heterocycles. The molecular formula is C30H33ClF3N3O4S. The summed E-state index contributed by atoms with van der Waals surface area (Å²) >= 11 is 6.28. The van der Waals surface area contributed by atoms with E-state index in [2.05, 4.69) is 5.32 Å². The zero-order valence-corrected chi connectivity index (χ0v) is 24.8. The number of rotatable bonds is 13. The molecule has 0 saturated carbocycles. The van der Waals surface area contributed by atoms with Crippen molar-refractivity contribution in [2.75, 3.05) is 17.4 Å². The number of nitrogens with zero attached hydrogens (tertiary/aromatic N) is 2. The van der Waals surface area contributed by atoms with Gasteiger partial charge in [-0.15, -0.1) is 0 Å². The number of hydrogen-bond donors (Lipinski definition) is 1. The molecule has 0 saturated heterocycles. The molecule has 0 bridgehead atoms. The Morgan fingerprint density at radius 1 is 0.952 bits per heavy atom. The van der Waals surface area contributed by atoms with Crippen molar-refractivity contribution < 1.29 is 31.2 Å². The fourth-order valence-electron chi connectivity index (χ4n) is 4.32. The first-order chi connectivity index (χ1) is 19.9. The number of anilines is 1. The number of benzene rings is 3. The molecule has 226 valence electrons.